The number of nitrogens with zero attached hydrogens (tertiary/aromatic N) is 1. The highest BCUT2D eigenvalue weighted by molar-refractivity contribution is 7.89. The first-order chi connectivity index (χ1) is 6.37. The summed E-state index contributed by atoms with van der Waals surface area (Å²) in [6.07, 6.45) is 1.71. The van der Waals surface area contributed by atoms with Crippen molar-refractivity contribution in [2.75, 3.05) is 18.8 Å². The fourth-order valence-electron chi connectivity index (χ4n) is 1.38. The minimum Gasteiger partial charge on any atom is -0.301 e. The van der Waals surface area contributed by atoms with Crippen LogP contribution in [0.15, 0.2) is 0 Å². The van der Waals surface area contributed by atoms with Crippen molar-refractivity contribution in [2.24, 2.45) is 5.14 Å². The normalized spacial score (nSPS) is 12.7. The van der Waals surface area contributed by atoms with Crippen molar-refractivity contribution in [2.45, 2.75) is 39.7 Å². The van der Waals surface area contributed by atoms with Crippen LogP contribution in [0, 0.1) is 0 Å². The molecule has 0 unspecified atom stereocenters. The number of sulfonamides is 1. The highest BCUT2D eigenvalue weighted by Gasteiger charge is 2.09. The van der Waals surface area contributed by atoms with E-state index in [2.05, 4.69) is 25.7 Å². The summed E-state index contributed by atoms with van der Waals surface area (Å²) in [6.45, 7) is 8.18. The number of rotatable bonds is 7. The molecule has 0 atom stereocenters. The molecule has 0 aliphatic carbocycles. The second kappa shape index (κ2) is 6.37. The van der Waals surface area contributed by atoms with Crippen molar-refractivity contribution in [1.29, 1.82) is 0 Å². The van der Waals surface area contributed by atoms with Crippen LogP contribution in [0.1, 0.15) is 33.6 Å². The average molecular weight is 222 g/mol. The number of hydrogen-bond donors (Lipinski definition) is 1. The molecule has 0 heterocycles. The van der Waals surface area contributed by atoms with Crippen LogP contribution in [0.3, 0.4) is 0 Å². The summed E-state index contributed by atoms with van der Waals surface area (Å²) in [5.74, 6) is 0.0833. The van der Waals surface area contributed by atoms with Gasteiger partial charge in [-0.15, -0.1) is 0 Å². The van der Waals surface area contributed by atoms with Gasteiger partial charge in [0.05, 0.1) is 5.75 Å². The first kappa shape index (κ1) is 13.9. The quantitative estimate of drug-likeness (QED) is 0.692. The maximum atomic E-state index is 10.7. The van der Waals surface area contributed by atoms with Crippen LogP contribution in [0.4, 0.5) is 0 Å². The van der Waals surface area contributed by atoms with Gasteiger partial charge in [0.2, 0.25) is 10.0 Å². The Morgan fingerprint density at radius 1 is 1.29 bits per heavy atom. The average Bonchev–Trinajstić information content (AvgIpc) is 2.00. The van der Waals surface area contributed by atoms with Crippen LogP contribution in [-0.4, -0.2) is 38.2 Å². The molecule has 0 aliphatic heterocycles. The van der Waals surface area contributed by atoms with E-state index >= 15 is 0 Å². The van der Waals surface area contributed by atoms with Crippen LogP contribution < -0.4 is 5.14 Å². The second-order valence-corrected chi connectivity index (χ2v) is 5.58. The molecule has 0 radical (unpaired) electrons. The summed E-state index contributed by atoms with van der Waals surface area (Å²) in [4.78, 5) is 2.27. The molecule has 0 aliphatic rings. The molecule has 86 valence electrons. The molecule has 2 N–H and O–H groups in total. The molecule has 0 bridgehead atoms. The van der Waals surface area contributed by atoms with Crippen molar-refractivity contribution < 1.29 is 8.42 Å². The first-order valence-corrected chi connectivity index (χ1v) is 6.83. The van der Waals surface area contributed by atoms with Gasteiger partial charge in [0.15, 0.2) is 0 Å². The van der Waals surface area contributed by atoms with Crippen LogP contribution in [0.2, 0.25) is 0 Å². The van der Waals surface area contributed by atoms with Gasteiger partial charge in [0.25, 0.3) is 0 Å². The number of hydrogen-bond acceptors (Lipinski definition) is 3. The number of nitrogens with two attached hydrogens (primary N) is 1. The Morgan fingerprint density at radius 2 is 1.86 bits per heavy atom. The fraction of sp³-hybridized carbons (Fsp3) is 1.00. The Bertz CT molecular complexity index is 237. The highest BCUT2D eigenvalue weighted by Crippen LogP contribution is 2.01. The van der Waals surface area contributed by atoms with E-state index in [9.17, 15) is 8.42 Å². The molecule has 0 fully saturated rings. The van der Waals surface area contributed by atoms with Crippen molar-refractivity contribution in [3.8, 4) is 0 Å². The lowest BCUT2D eigenvalue weighted by molar-refractivity contribution is 0.223. The summed E-state index contributed by atoms with van der Waals surface area (Å²) >= 11 is 0. The van der Waals surface area contributed by atoms with E-state index in [-0.39, 0.29) is 5.75 Å². The molecule has 0 aromatic heterocycles. The zero-order valence-electron chi connectivity index (χ0n) is 9.36. The molecule has 0 spiro atoms. The summed E-state index contributed by atoms with van der Waals surface area (Å²) in [5, 5.41) is 4.93. The second-order valence-electron chi connectivity index (χ2n) is 3.85. The largest absolute Gasteiger partial charge is 0.301 e. The molecule has 4 nitrogen and oxygen atoms in total. The predicted octanol–water partition coefficient (Wildman–Crippen LogP) is 0.785. The third-order valence-corrected chi connectivity index (χ3v) is 2.97. The zero-order chi connectivity index (χ0) is 11.2. The maximum Gasteiger partial charge on any atom is 0.209 e. The summed E-state index contributed by atoms with van der Waals surface area (Å²) in [7, 11) is -3.29. The lowest BCUT2D eigenvalue weighted by Crippen LogP contribution is -2.33. The van der Waals surface area contributed by atoms with Gasteiger partial charge in [0.1, 0.15) is 0 Å². The van der Waals surface area contributed by atoms with E-state index in [1.54, 1.807) is 0 Å². The highest BCUT2D eigenvalue weighted by atomic mass is 32.2. The van der Waals surface area contributed by atoms with Crippen molar-refractivity contribution in [3.63, 3.8) is 0 Å². The first-order valence-electron chi connectivity index (χ1n) is 5.11. The van der Waals surface area contributed by atoms with Gasteiger partial charge in [-0.2, -0.15) is 0 Å². The number of primary sulfonamides is 1. The van der Waals surface area contributed by atoms with Crippen molar-refractivity contribution in [3.05, 3.63) is 0 Å². The zero-order valence-corrected chi connectivity index (χ0v) is 10.2. The standard InChI is InChI=1S/C9H22N2O2S/c1-4-6-11(9(2)3)7-5-8-14(10,12)13/h9H,4-8H2,1-3H3,(H2,10,12,13). The SMILES string of the molecule is CCCN(CCCS(N)(=O)=O)C(C)C. The molecule has 0 aromatic carbocycles. The van der Waals surface area contributed by atoms with Crippen molar-refractivity contribution >= 4 is 10.0 Å². The minimum absolute atomic E-state index is 0.0833. The molecule has 5 heteroatoms. The van der Waals surface area contributed by atoms with E-state index < -0.39 is 10.0 Å². The Labute approximate surface area is 87.5 Å². The van der Waals surface area contributed by atoms with E-state index in [1.165, 1.54) is 0 Å². The van der Waals surface area contributed by atoms with Gasteiger partial charge in [-0.3, -0.25) is 0 Å². The summed E-state index contributed by atoms with van der Waals surface area (Å²) < 4.78 is 21.4. The Morgan fingerprint density at radius 3 is 2.21 bits per heavy atom. The lowest BCUT2D eigenvalue weighted by Gasteiger charge is -2.25. The molecular weight excluding hydrogens is 200 g/mol. The van der Waals surface area contributed by atoms with Gasteiger partial charge in [-0.05, 0) is 39.8 Å². The van der Waals surface area contributed by atoms with Gasteiger partial charge in [-0.1, -0.05) is 6.92 Å². The minimum atomic E-state index is -3.29. The van der Waals surface area contributed by atoms with E-state index in [1.807, 2.05) is 0 Å². The molecule has 0 saturated heterocycles. The fourth-order valence-corrected chi connectivity index (χ4v) is 1.92. The molecule has 0 aromatic rings. The maximum absolute atomic E-state index is 10.7. The van der Waals surface area contributed by atoms with Gasteiger partial charge < -0.3 is 4.90 Å². The van der Waals surface area contributed by atoms with Gasteiger partial charge in [0, 0.05) is 6.04 Å². The third kappa shape index (κ3) is 7.29. The van der Waals surface area contributed by atoms with Gasteiger partial charge >= 0.3 is 0 Å². The predicted molar refractivity (Wildman–Crippen MR) is 59.6 cm³/mol. The monoisotopic (exact) mass is 222 g/mol. The molecular formula is C9H22N2O2S. The van der Waals surface area contributed by atoms with Crippen LogP contribution in [0.5, 0.6) is 0 Å². The Balaban J connectivity index is 3.83. The summed E-state index contributed by atoms with van der Waals surface area (Å²) in [6, 6.07) is 0.468. The molecule has 0 amide bonds. The van der Waals surface area contributed by atoms with Crippen LogP contribution in [-0.2, 0) is 10.0 Å². The van der Waals surface area contributed by atoms with Gasteiger partial charge in [-0.25, -0.2) is 13.6 Å². The van der Waals surface area contributed by atoms with Crippen LogP contribution >= 0.6 is 0 Å². The third-order valence-electron chi connectivity index (χ3n) is 2.12. The van der Waals surface area contributed by atoms with E-state index in [0.717, 1.165) is 19.5 Å². The topological polar surface area (TPSA) is 63.4 Å². The molecule has 0 saturated carbocycles. The smallest absolute Gasteiger partial charge is 0.209 e. The molecule has 14 heavy (non-hydrogen) atoms. The van der Waals surface area contributed by atoms with E-state index in [0.29, 0.717) is 12.5 Å². The lowest BCUT2D eigenvalue weighted by atomic mass is 10.2. The Hall–Kier alpha value is -0.130. The van der Waals surface area contributed by atoms with Crippen LogP contribution in [0.25, 0.3) is 0 Å². The van der Waals surface area contributed by atoms with Crippen molar-refractivity contribution in [1.82, 2.24) is 4.90 Å². The molecule has 0 rings (SSSR count). The summed E-state index contributed by atoms with van der Waals surface area (Å²) in [5.41, 5.74) is 0. The Kier molecular flexibility index (Phi) is 6.31. The van der Waals surface area contributed by atoms with E-state index in [4.69, 9.17) is 5.14 Å².